The number of piperidine rings is 1. The van der Waals surface area contributed by atoms with Crippen molar-refractivity contribution in [1.29, 1.82) is 0 Å². The number of sulfonamides is 1. The molecule has 1 saturated heterocycles. The van der Waals surface area contributed by atoms with Crippen LogP contribution in [0.2, 0.25) is 0 Å². The van der Waals surface area contributed by atoms with Gasteiger partial charge in [-0.25, -0.2) is 17.7 Å². The summed E-state index contributed by atoms with van der Waals surface area (Å²) in [6, 6.07) is 8.21. The second-order valence-corrected chi connectivity index (χ2v) is 9.07. The molecule has 1 aromatic carbocycles. The molecular weight excluding hydrogens is 334 g/mol. The summed E-state index contributed by atoms with van der Waals surface area (Å²) in [6.45, 7) is 6.34. The number of aromatic nitrogens is 2. The standard InChI is InChI=1S/C19H29N3O2S/c1-3-5-14-25(23,24)21-13-8-9-16(15-21)19-20-17-10-6-7-11-18(17)22(19)12-4-2/h6-7,10-11,16H,3-5,8-9,12-15H2,1-2H3. The Balaban J connectivity index is 1.89. The number of unbranched alkanes of at least 4 members (excludes halogenated alkanes) is 1. The van der Waals surface area contributed by atoms with Crippen molar-refractivity contribution in [2.75, 3.05) is 18.8 Å². The molecule has 1 unspecified atom stereocenters. The number of para-hydroxylation sites is 2. The molecule has 6 heteroatoms. The summed E-state index contributed by atoms with van der Waals surface area (Å²) in [4.78, 5) is 4.88. The number of fused-ring (bicyclic) bond motifs is 1. The highest BCUT2D eigenvalue weighted by atomic mass is 32.2. The van der Waals surface area contributed by atoms with Crippen molar-refractivity contribution in [3.8, 4) is 0 Å². The van der Waals surface area contributed by atoms with Crippen LogP contribution in [0.1, 0.15) is 57.7 Å². The van der Waals surface area contributed by atoms with Gasteiger partial charge < -0.3 is 4.57 Å². The summed E-state index contributed by atoms with van der Waals surface area (Å²) in [5.74, 6) is 1.50. The van der Waals surface area contributed by atoms with E-state index in [1.807, 2.05) is 25.1 Å². The van der Waals surface area contributed by atoms with Gasteiger partial charge in [-0.2, -0.15) is 0 Å². The number of nitrogens with zero attached hydrogens (tertiary/aromatic N) is 3. The Labute approximate surface area is 151 Å². The lowest BCUT2D eigenvalue weighted by Crippen LogP contribution is -2.40. The molecule has 1 aliphatic rings. The molecule has 3 rings (SSSR count). The minimum atomic E-state index is -3.15. The lowest BCUT2D eigenvalue weighted by atomic mass is 9.99. The van der Waals surface area contributed by atoms with Gasteiger partial charge in [-0.05, 0) is 37.8 Å². The zero-order chi connectivity index (χ0) is 17.9. The van der Waals surface area contributed by atoms with Crippen molar-refractivity contribution in [2.24, 2.45) is 0 Å². The van der Waals surface area contributed by atoms with E-state index in [2.05, 4.69) is 17.6 Å². The highest BCUT2D eigenvalue weighted by molar-refractivity contribution is 7.89. The van der Waals surface area contributed by atoms with Crippen LogP contribution in [0.25, 0.3) is 11.0 Å². The van der Waals surface area contributed by atoms with Gasteiger partial charge >= 0.3 is 0 Å². The Morgan fingerprint density at radius 3 is 2.76 bits per heavy atom. The van der Waals surface area contributed by atoms with Gasteiger partial charge in [0.2, 0.25) is 10.0 Å². The van der Waals surface area contributed by atoms with Crippen molar-refractivity contribution in [1.82, 2.24) is 13.9 Å². The van der Waals surface area contributed by atoms with Crippen LogP contribution in [0.5, 0.6) is 0 Å². The Kier molecular flexibility index (Phi) is 5.79. The average Bonchev–Trinajstić information content (AvgIpc) is 2.99. The number of rotatable bonds is 7. The number of imidazole rings is 1. The smallest absolute Gasteiger partial charge is 0.214 e. The number of hydrogen-bond acceptors (Lipinski definition) is 3. The molecule has 1 aliphatic heterocycles. The van der Waals surface area contributed by atoms with Crippen LogP contribution in [-0.4, -0.2) is 41.1 Å². The highest BCUT2D eigenvalue weighted by Gasteiger charge is 2.31. The van der Waals surface area contributed by atoms with Gasteiger partial charge in [0.15, 0.2) is 0 Å². The molecule has 5 nitrogen and oxygen atoms in total. The van der Waals surface area contributed by atoms with E-state index < -0.39 is 10.0 Å². The van der Waals surface area contributed by atoms with Crippen LogP contribution in [0, 0.1) is 0 Å². The Bertz CT molecular complexity index is 813. The summed E-state index contributed by atoms with van der Waals surface area (Å²) < 4.78 is 29.2. The minimum absolute atomic E-state index is 0.184. The summed E-state index contributed by atoms with van der Waals surface area (Å²) in [5, 5.41) is 0. The minimum Gasteiger partial charge on any atom is -0.328 e. The fourth-order valence-corrected chi connectivity index (χ4v) is 5.45. The van der Waals surface area contributed by atoms with E-state index in [9.17, 15) is 8.42 Å². The number of aryl methyl sites for hydroxylation is 1. The topological polar surface area (TPSA) is 55.2 Å². The summed E-state index contributed by atoms with van der Waals surface area (Å²) >= 11 is 0. The second kappa shape index (κ2) is 7.87. The fourth-order valence-electron chi connectivity index (χ4n) is 3.73. The van der Waals surface area contributed by atoms with Gasteiger partial charge in [0, 0.05) is 25.6 Å². The third kappa shape index (κ3) is 3.90. The molecule has 0 amide bonds. The molecule has 0 N–H and O–H groups in total. The predicted octanol–water partition coefficient (Wildman–Crippen LogP) is 3.76. The third-order valence-corrected chi connectivity index (χ3v) is 6.95. The van der Waals surface area contributed by atoms with Gasteiger partial charge in [-0.15, -0.1) is 0 Å². The first-order valence-corrected chi connectivity index (χ1v) is 11.1. The number of benzene rings is 1. The van der Waals surface area contributed by atoms with E-state index in [-0.39, 0.29) is 11.7 Å². The zero-order valence-corrected chi connectivity index (χ0v) is 16.1. The maximum Gasteiger partial charge on any atom is 0.214 e. The first kappa shape index (κ1) is 18.4. The molecule has 2 aromatic rings. The average molecular weight is 364 g/mol. The normalized spacial score (nSPS) is 19.5. The zero-order valence-electron chi connectivity index (χ0n) is 15.3. The van der Waals surface area contributed by atoms with E-state index >= 15 is 0 Å². The SMILES string of the molecule is CCCCS(=O)(=O)N1CCCC(c2nc3ccccc3n2CCC)C1. The lowest BCUT2D eigenvalue weighted by Gasteiger charge is -2.32. The van der Waals surface area contributed by atoms with E-state index in [4.69, 9.17) is 4.98 Å². The maximum absolute atomic E-state index is 12.6. The first-order valence-electron chi connectivity index (χ1n) is 9.49. The van der Waals surface area contributed by atoms with Crippen molar-refractivity contribution < 1.29 is 8.42 Å². The van der Waals surface area contributed by atoms with Crippen LogP contribution in [0.15, 0.2) is 24.3 Å². The van der Waals surface area contributed by atoms with E-state index in [0.717, 1.165) is 55.5 Å². The molecule has 1 aromatic heterocycles. The predicted molar refractivity (Wildman–Crippen MR) is 102 cm³/mol. The van der Waals surface area contributed by atoms with Gasteiger partial charge in [-0.3, -0.25) is 0 Å². The van der Waals surface area contributed by atoms with Crippen LogP contribution < -0.4 is 0 Å². The van der Waals surface area contributed by atoms with Gasteiger partial charge in [0.1, 0.15) is 5.82 Å². The first-order chi connectivity index (χ1) is 12.1. The molecule has 1 fully saturated rings. The van der Waals surface area contributed by atoms with Gasteiger partial charge in [0.25, 0.3) is 0 Å². The van der Waals surface area contributed by atoms with Crippen LogP contribution >= 0.6 is 0 Å². The second-order valence-electron chi connectivity index (χ2n) is 6.98. The quantitative estimate of drug-likeness (QED) is 0.753. The summed E-state index contributed by atoms with van der Waals surface area (Å²) in [7, 11) is -3.15. The van der Waals surface area contributed by atoms with Gasteiger partial charge in [-0.1, -0.05) is 32.4 Å². The van der Waals surface area contributed by atoms with E-state index in [0.29, 0.717) is 13.1 Å². The highest BCUT2D eigenvalue weighted by Crippen LogP contribution is 2.30. The van der Waals surface area contributed by atoms with Crippen LogP contribution in [-0.2, 0) is 16.6 Å². The number of hydrogen-bond donors (Lipinski definition) is 0. The van der Waals surface area contributed by atoms with E-state index in [1.54, 1.807) is 4.31 Å². The molecule has 0 spiro atoms. The Morgan fingerprint density at radius 1 is 1.20 bits per heavy atom. The Morgan fingerprint density at radius 2 is 2.00 bits per heavy atom. The lowest BCUT2D eigenvalue weighted by molar-refractivity contribution is 0.305. The van der Waals surface area contributed by atoms with Crippen LogP contribution in [0.4, 0.5) is 0 Å². The van der Waals surface area contributed by atoms with Gasteiger partial charge in [0.05, 0.1) is 16.8 Å². The molecular formula is C19H29N3O2S. The monoisotopic (exact) mass is 363 g/mol. The molecule has 0 radical (unpaired) electrons. The molecule has 2 heterocycles. The van der Waals surface area contributed by atoms with Crippen molar-refractivity contribution >= 4 is 21.1 Å². The van der Waals surface area contributed by atoms with Crippen molar-refractivity contribution in [3.05, 3.63) is 30.1 Å². The molecule has 0 bridgehead atoms. The third-order valence-electron chi connectivity index (χ3n) is 5.03. The molecule has 1 atom stereocenters. The fraction of sp³-hybridized carbons (Fsp3) is 0.632. The van der Waals surface area contributed by atoms with Crippen LogP contribution in [0.3, 0.4) is 0 Å². The summed E-state index contributed by atoms with van der Waals surface area (Å²) in [6.07, 6.45) is 4.59. The molecule has 138 valence electrons. The molecule has 0 aliphatic carbocycles. The largest absolute Gasteiger partial charge is 0.328 e. The van der Waals surface area contributed by atoms with Crippen molar-refractivity contribution in [3.63, 3.8) is 0 Å². The molecule has 0 saturated carbocycles. The maximum atomic E-state index is 12.6. The summed E-state index contributed by atoms with van der Waals surface area (Å²) in [5.41, 5.74) is 2.17. The molecule has 25 heavy (non-hydrogen) atoms. The van der Waals surface area contributed by atoms with Crippen molar-refractivity contribution in [2.45, 2.75) is 58.4 Å². The van der Waals surface area contributed by atoms with E-state index in [1.165, 1.54) is 0 Å². The Hall–Kier alpha value is -1.40.